The smallest absolute Gasteiger partial charge is 0.255 e. The predicted octanol–water partition coefficient (Wildman–Crippen LogP) is 0.849. The standard InChI is InChI=1S/C9H13F2N3O/c1-7-9(13-3-2-12-7)14(4-5-15)6-8(10)11/h2-3,8,15H,4-6H2,1H3. The van der Waals surface area contributed by atoms with Crippen LogP contribution in [-0.2, 0) is 0 Å². The second-order valence-electron chi connectivity index (χ2n) is 3.03. The van der Waals surface area contributed by atoms with Gasteiger partial charge in [-0.3, -0.25) is 4.98 Å². The lowest BCUT2D eigenvalue weighted by atomic mass is 10.4. The van der Waals surface area contributed by atoms with E-state index in [0.717, 1.165) is 0 Å². The number of nitrogens with zero attached hydrogens (tertiary/aromatic N) is 3. The fourth-order valence-corrected chi connectivity index (χ4v) is 1.28. The molecule has 6 heteroatoms. The Kier molecular flexibility index (Phi) is 4.36. The molecule has 1 heterocycles. The summed E-state index contributed by atoms with van der Waals surface area (Å²) in [6, 6.07) is 0. The molecule has 0 aliphatic heterocycles. The van der Waals surface area contributed by atoms with Crippen LogP contribution in [0.3, 0.4) is 0 Å². The van der Waals surface area contributed by atoms with Gasteiger partial charge in [-0.25, -0.2) is 13.8 Å². The van der Waals surface area contributed by atoms with Crippen LogP contribution in [0.25, 0.3) is 0 Å². The minimum absolute atomic E-state index is 0.129. The molecule has 0 saturated carbocycles. The zero-order chi connectivity index (χ0) is 11.3. The van der Waals surface area contributed by atoms with Gasteiger partial charge in [-0.15, -0.1) is 0 Å². The van der Waals surface area contributed by atoms with Crippen LogP contribution in [0, 0.1) is 6.92 Å². The first kappa shape index (κ1) is 11.8. The average molecular weight is 217 g/mol. The van der Waals surface area contributed by atoms with Crippen molar-refractivity contribution in [2.24, 2.45) is 0 Å². The molecule has 0 radical (unpaired) electrons. The Morgan fingerprint density at radius 2 is 2.07 bits per heavy atom. The highest BCUT2D eigenvalue weighted by molar-refractivity contribution is 5.42. The molecule has 0 saturated heterocycles. The molecule has 1 aromatic heterocycles. The van der Waals surface area contributed by atoms with Crippen molar-refractivity contribution in [2.75, 3.05) is 24.6 Å². The largest absolute Gasteiger partial charge is 0.395 e. The molecule has 0 bridgehead atoms. The number of halogens is 2. The van der Waals surface area contributed by atoms with Crippen molar-refractivity contribution < 1.29 is 13.9 Å². The second-order valence-corrected chi connectivity index (χ2v) is 3.03. The van der Waals surface area contributed by atoms with E-state index in [4.69, 9.17) is 5.11 Å². The number of alkyl halides is 2. The highest BCUT2D eigenvalue weighted by Crippen LogP contribution is 2.14. The van der Waals surface area contributed by atoms with Crippen LogP contribution >= 0.6 is 0 Å². The first-order valence-electron chi connectivity index (χ1n) is 4.56. The Morgan fingerprint density at radius 3 is 2.60 bits per heavy atom. The lowest BCUT2D eigenvalue weighted by Gasteiger charge is -2.23. The van der Waals surface area contributed by atoms with E-state index in [1.54, 1.807) is 6.92 Å². The molecule has 0 aliphatic rings. The van der Waals surface area contributed by atoms with E-state index in [1.165, 1.54) is 17.3 Å². The number of aliphatic hydroxyl groups is 1. The molecule has 0 fully saturated rings. The van der Waals surface area contributed by atoms with Crippen molar-refractivity contribution in [2.45, 2.75) is 13.3 Å². The molecule has 0 atom stereocenters. The van der Waals surface area contributed by atoms with Gasteiger partial charge in [-0.2, -0.15) is 0 Å². The molecule has 84 valence electrons. The zero-order valence-corrected chi connectivity index (χ0v) is 8.40. The Bertz CT molecular complexity index is 309. The third kappa shape index (κ3) is 3.39. The zero-order valence-electron chi connectivity index (χ0n) is 8.40. The van der Waals surface area contributed by atoms with Crippen molar-refractivity contribution >= 4 is 5.82 Å². The number of hydrogen-bond acceptors (Lipinski definition) is 4. The normalized spacial score (nSPS) is 10.7. The van der Waals surface area contributed by atoms with Crippen LogP contribution in [0.5, 0.6) is 0 Å². The minimum Gasteiger partial charge on any atom is -0.395 e. The van der Waals surface area contributed by atoms with Gasteiger partial charge in [0.25, 0.3) is 6.43 Å². The van der Waals surface area contributed by atoms with Crippen LogP contribution in [0.4, 0.5) is 14.6 Å². The van der Waals surface area contributed by atoms with Gasteiger partial charge in [-0.05, 0) is 6.92 Å². The number of rotatable bonds is 5. The Hall–Kier alpha value is -1.30. The maximum atomic E-state index is 12.3. The summed E-state index contributed by atoms with van der Waals surface area (Å²) in [6.07, 6.45) is 0.481. The first-order chi connectivity index (χ1) is 7.15. The van der Waals surface area contributed by atoms with Gasteiger partial charge in [-0.1, -0.05) is 0 Å². The molecule has 0 unspecified atom stereocenters. The molecule has 0 aliphatic carbocycles. The number of aryl methyl sites for hydroxylation is 1. The van der Waals surface area contributed by atoms with E-state index in [0.29, 0.717) is 11.5 Å². The van der Waals surface area contributed by atoms with Crippen LogP contribution in [0.15, 0.2) is 12.4 Å². The van der Waals surface area contributed by atoms with Crippen molar-refractivity contribution in [1.29, 1.82) is 0 Å². The van der Waals surface area contributed by atoms with E-state index in [9.17, 15) is 8.78 Å². The topological polar surface area (TPSA) is 49.2 Å². The summed E-state index contributed by atoms with van der Waals surface area (Å²) in [7, 11) is 0. The Morgan fingerprint density at radius 1 is 1.40 bits per heavy atom. The summed E-state index contributed by atoms with van der Waals surface area (Å²) in [5.41, 5.74) is 0.576. The fraction of sp³-hybridized carbons (Fsp3) is 0.556. The monoisotopic (exact) mass is 217 g/mol. The van der Waals surface area contributed by atoms with Crippen LogP contribution in [0.1, 0.15) is 5.69 Å². The Labute approximate surface area is 86.6 Å². The fourth-order valence-electron chi connectivity index (χ4n) is 1.28. The van der Waals surface area contributed by atoms with Gasteiger partial charge in [0.05, 0.1) is 18.8 Å². The third-order valence-corrected chi connectivity index (χ3v) is 1.88. The number of hydrogen-bond donors (Lipinski definition) is 1. The molecule has 0 spiro atoms. The van der Waals surface area contributed by atoms with Crippen molar-refractivity contribution in [3.05, 3.63) is 18.1 Å². The molecular weight excluding hydrogens is 204 g/mol. The summed E-state index contributed by atoms with van der Waals surface area (Å²) < 4.78 is 24.5. The lowest BCUT2D eigenvalue weighted by molar-refractivity contribution is 0.152. The third-order valence-electron chi connectivity index (χ3n) is 1.88. The summed E-state index contributed by atoms with van der Waals surface area (Å²) in [5.74, 6) is 0.395. The van der Waals surface area contributed by atoms with E-state index < -0.39 is 13.0 Å². The van der Waals surface area contributed by atoms with Gasteiger partial charge in [0, 0.05) is 18.9 Å². The summed E-state index contributed by atoms with van der Waals surface area (Å²) in [6.45, 7) is 1.19. The molecule has 0 aromatic carbocycles. The number of aliphatic hydroxyl groups excluding tert-OH is 1. The minimum atomic E-state index is -2.46. The SMILES string of the molecule is Cc1nccnc1N(CCO)CC(F)F. The van der Waals surface area contributed by atoms with E-state index in [1.807, 2.05) is 0 Å². The summed E-state index contributed by atoms with van der Waals surface area (Å²) in [5, 5.41) is 8.77. The van der Waals surface area contributed by atoms with E-state index >= 15 is 0 Å². The molecule has 1 rings (SSSR count). The number of aromatic nitrogens is 2. The van der Waals surface area contributed by atoms with Gasteiger partial charge in [0.1, 0.15) is 5.82 Å². The number of anilines is 1. The van der Waals surface area contributed by atoms with Crippen molar-refractivity contribution in [3.63, 3.8) is 0 Å². The van der Waals surface area contributed by atoms with Gasteiger partial charge in [0.2, 0.25) is 0 Å². The van der Waals surface area contributed by atoms with Gasteiger partial charge >= 0.3 is 0 Å². The first-order valence-corrected chi connectivity index (χ1v) is 4.56. The molecular formula is C9H13F2N3O. The van der Waals surface area contributed by atoms with Crippen LogP contribution < -0.4 is 4.90 Å². The van der Waals surface area contributed by atoms with Crippen molar-refractivity contribution in [1.82, 2.24) is 9.97 Å². The Balaban J connectivity index is 2.83. The molecule has 0 amide bonds. The maximum Gasteiger partial charge on any atom is 0.255 e. The highest BCUT2D eigenvalue weighted by Gasteiger charge is 2.15. The van der Waals surface area contributed by atoms with Crippen LogP contribution in [0.2, 0.25) is 0 Å². The second kappa shape index (κ2) is 5.55. The molecule has 15 heavy (non-hydrogen) atoms. The summed E-state index contributed by atoms with van der Waals surface area (Å²) in [4.78, 5) is 9.25. The predicted molar refractivity (Wildman–Crippen MR) is 52.1 cm³/mol. The molecule has 1 aromatic rings. The van der Waals surface area contributed by atoms with E-state index in [2.05, 4.69) is 9.97 Å². The van der Waals surface area contributed by atoms with Crippen molar-refractivity contribution in [3.8, 4) is 0 Å². The molecule has 4 nitrogen and oxygen atoms in total. The van der Waals surface area contributed by atoms with Gasteiger partial charge in [0.15, 0.2) is 0 Å². The maximum absolute atomic E-state index is 12.3. The summed E-state index contributed by atoms with van der Waals surface area (Å²) >= 11 is 0. The lowest BCUT2D eigenvalue weighted by Crippen LogP contribution is -2.33. The quantitative estimate of drug-likeness (QED) is 0.794. The average Bonchev–Trinajstić information content (AvgIpc) is 2.17. The molecule has 1 N–H and O–H groups in total. The van der Waals surface area contributed by atoms with Gasteiger partial charge < -0.3 is 10.0 Å². The van der Waals surface area contributed by atoms with E-state index in [-0.39, 0.29) is 13.2 Å². The highest BCUT2D eigenvalue weighted by atomic mass is 19.3. The van der Waals surface area contributed by atoms with Crippen LogP contribution in [-0.4, -0.2) is 41.2 Å².